The molecule has 1 saturated carbocycles. The number of nitrogens with zero attached hydrogens (tertiary/aromatic N) is 2. The van der Waals surface area contributed by atoms with Gasteiger partial charge in [-0.15, -0.1) is 0 Å². The first kappa shape index (κ1) is 13.9. The van der Waals surface area contributed by atoms with Gasteiger partial charge in [-0.2, -0.15) is 16.9 Å². The summed E-state index contributed by atoms with van der Waals surface area (Å²) < 4.78 is 2.03. The summed E-state index contributed by atoms with van der Waals surface area (Å²) in [6.45, 7) is 7.54. The average molecular weight is 267 g/mol. The summed E-state index contributed by atoms with van der Waals surface area (Å²) in [5.74, 6) is 1.23. The van der Waals surface area contributed by atoms with Crippen LogP contribution in [0.3, 0.4) is 0 Å². The predicted molar refractivity (Wildman–Crippen MR) is 79.0 cm³/mol. The summed E-state index contributed by atoms with van der Waals surface area (Å²) in [5.41, 5.74) is 1.30. The highest BCUT2D eigenvalue weighted by Crippen LogP contribution is 2.30. The van der Waals surface area contributed by atoms with Gasteiger partial charge in [0.05, 0.1) is 6.20 Å². The van der Waals surface area contributed by atoms with Crippen LogP contribution in [-0.2, 0) is 6.54 Å². The molecule has 1 aromatic heterocycles. The highest BCUT2D eigenvalue weighted by atomic mass is 32.2. The van der Waals surface area contributed by atoms with E-state index in [0.717, 1.165) is 11.8 Å². The molecule has 0 aromatic carbocycles. The van der Waals surface area contributed by atoms with Crippen molar-refractivity contribution in [1.82, 2.24) is 15.1 Å². The zero-order chi connectivity index (χ0) is 13.0. The summed E-state index contributed by atoms with van der Waals surface area (Å²) >= 11 is 2.11. The lowest BCUT2D eigenvalue weighted by atomic mass is 10.2. The fraction of sp³-hybridized carbons (Fsp3) is 0.786. The van der Waals surface area contributed by atoms with E-state index in [2.05, 4.69) is 49.1 Å². The molecule has 2 rings (SSSR count). The highest BCUT2D eigenvalue weighted by Gasteiger charge is 2.26. The number of nitrogens with one attached hydrogen (secondary N) is 1. The number of thioether (sulfide) groups is 1. The topological polar surface area (TPSA) is 29.9 Å². The van der Waals surface area contributed by atoms with E-state index in [1.165, 1.54) is 30.6 Å². The molecule has 2 unspecified atom stereocenters. The first-order valence-corrected chi connectivity index (χ1v) is 8.13. The maximum atomic E-state index is 4.39. The van der Waals surface area contributed by atoms with Crippen molar-refractivity contribution in [2.45, 2.75) is 63.9 Å². The van der Waals surface area contributed by atoms with Gasteiger partial charge in [-0.3, -0.25) is 4.68 Å². The largest absolute Gasteiger partial charge is 0.309 e. The summed E-state index contributed by atoms with van der Waals surface area (Å²) in [6, 6.07) is 1.14. The zero-order valence-corrected chi connectivity index (χ0v) is 12.5. The lowest BCUT2D eigenvalue weighted by Crippen LogP contribution is -2.33. The number of rotatable bonds is 6. The Morgan fingerprint density at radius 3 is 3.00 bits per heavy atom. The Labute approximate surface area is 115 Å². The van der Waals surface area contributed by atoms with Crippen molar-refractivity contribution >= 4 is 11.8 Å². The van der Waals surface area contributed by atoms with Crippen molar-refractivity contribution in [2.75, 3.05) is 5.75 Å². The van der Waals surface area contributed by atoms with Crippen LogP contribution < -0.4 is 5.32 Å². The summed E-state index contributed by atoms with van der Waals surface area (Å²) in [5, 5.41) is 8.91. The summed E-state index contributed by atoms with van der Waals surface area (Å²) in [4.78, 5) is 0. The van der Waals surface area contributed by atoms with Gasteiger partial charge in [-0.05, 0) is 32.4 Å². The molecule has 18 heavy (non-hydrogen) atoms. The Kier molecular flexibility index (Phi) is 5.13. The van der Waals surface area contributed by atoms with E-state index >= 15 is 0 Å². The fourth-order valence-corrected chi connectivity index (χ4v) is 3.80. The molecule has 1 aromatic rings. The van der Waals surface area contributed by atoms with E-state index in [-0.39, 0.29) is 0 Å². The molecule has 102 valence electrons. The molecule has 2 atom stereocenters. The Hall–Kier alpha value is -0.480. The van der Waals surface area contributed by atoms with Crippen LogP contribution in [0, 0.1) is 0 Å². The number of aromatic nitrogens is 2. The Morgan fingerprint density at radius 2 is 2.33 bits per heavy atom. The maximum absolute atomic E-state index is 4.39. The van der Waals surface area contributed by atoms with E-state index in [1.807, 2.05) is 10.9 Å². The van der Waals surface area contributed by atoms with Gasteiger partial charge in [0.15, 0.2) is 0 Å². The van der Waals surface area contributed by atoms with E-state index < -0.39 is 0 Å². The minimum atomic E-state index is 0.452. The van der Waals surface area contributed by atoms with E-state index in [4.69, 9.17) is 0 Å². The third-order valence-electron chi connectivity index (χ3n) is 3.59. The Morgan fingerprint density at radius 1 is 1.50 bits per heavy atom. The first-order chi connectivity index (χ1) is 8.70. The summed E-state index contributed by atoms with van der Waals surface area (Å²) in [6.07, 6.45) is 8.23. The van der Waals surface area contributed by atoms with Gasteiger partial charge in [0.1, 0.15) is 0 Å². The maximum Gasteiger partial charge on any atom is 0.0534 e. The third kappa shape index (κ3) is 3.51. The molecule has 0 spiro atoms. The van der Waals surface area contributed by atoms with Crippen LogP contribution in [0.1, 0.15) is 51.6 Å². The van der Waals surface area contributed by atoms with Crippen LogP contribution in [-0.4, -0.2) is 26.8 Å². The van der Waals surface area contributed by atoms with Gasteiger partial charge in [-0.1, -0.05) is 13.3 Å². The molecular weight excluding hydrogens is 242 g/mol. The molecule has 4 heteroatoms. The van der Waals surface area contributed by atoms with Crippen molar-refractivity contribution < 1.29 is 0 Å². The normalized spacial score (nSPS) is 24.0. The van der Waals surface area contributed by atoms with Crippen LogP contribution in [0.5, 0.6) is 0 Å². The monoisotopic (exact) mass is 267 g/mol. The van der Waals surface area contributed by atoms with Crippen LogP contribution in [0.25, 0.3) is 0 Å². The second-order valence-corrected chi connectivity index (χ2v) is 6.85. The van der Waals surface area contributed by atoms with Crippen LogP contribution in [0.2, 0.25) is 0 Å². The third-order valence-corrected chi connectivity index (χ3v) is 4.91. The van der Waals surface area contributed by atoms with Crippen LogP contribution in [0.15, 0.2) is 12.4 Å². The van der Waals surface area contributed by atoms with Gasteiger partial charge in [0.25, 0.3) is 0 Å². The average Bonchev–Trinajstić information content (AvgIpc) is 2.95. The van der Waals surface area contributed by atoms with E-state index in [9.17, 15) is 0 Å². The molecule has 1 aliphatic carbocycles. The minimum Gasteiger partial charge on any atom is -0.309 e. The Bertz CT molecular complexity index is 362. The zero-order valence-electron chi connectivity index (χ0n) is 11.7. The molecular formula is C14H25N3S. The molecule has 0 aliphatic heterocycles. The standard InChI is InChI=1S/C14H25N3S/c1-4-18-14-7-5-6-13(14)15-8-12-9-16-17(10-12)11(2)3/h9-11,13-15H,4-8H2,1-3H3. The lowest BCUT2D eigenvalue weighted by Gasteiger charge is -2.19. The quantitative estimate of drug-likeness (QED) is 0.858. The smallest absolute Gasteiger partial charge is 0.0534 e. The Balaban J connectivity index is 1.83. The van der Waals surface area contributed by atoms with Gasteiger partial charge in [0.2, 0.25) is 0 Å². The lowest BCUT2D eigenvalue weighted by molar-refractivity contribution is 0.523. The number of hydrogen-bond acceptors (Lipinski definition) is 3. The molecule has 0 amide bonds. The SMILES string of the molecule is CCSC1CCCC1NCc1cnn(C(C)C)c1. The molecule has 1 fully saturated rings. The van der Waals surface area contributed by atoms with Gasteiger partial charge < -0.3 is 5.32 Å². The van der Waals surface area contributed by atoms with Crippen molar-refractivity contribution in [3.05, 3.63) is 18.0 Å². The molecule has 0 saturated heterocycles. The molecule has 3 nitrogen and oxygen atoms in total. The second-order valence-electron chi connectivity index (χ2n) is 5.33. The minimum absolute atomic E-state index is 0.452. The first-order valence-electron chi connectivity index (χ1n) is 7.08. The van der Waals surface area contributed by atoms with Crippen LogP contribution >= 0.6 is 11.8 Å². The molecule has 0 bridgehead atoms. The van der Waals surface area contributed by atoms with Crippen LogP contribution in [0.4, 0.5) is 0 Å². The van der Waals surface area contributed by atoms with Crippen molar-refractivity contribution in [3.63, 3.8) is 0 Å². The van der Waals surface area contributed by atoms with E-state index in [1.54, 1.807) is 0 Å². The number of hydrogen-bond donors (Lipinski definition) is 1. The molecule has 1 heterocycles. The van der Waals surface area contributed by atoms with Crippen molar-refractivity contribution in [1.29, 1.82) is 0 Å². The second kappa shape index (κ2) is 6.62. The molecule has 0 radical (unpaired) electrons. The van der Waals surface area contributed by atoms with Gasteiger partial charge >= 0.3 is 0 Å². The molecule has 1 N–H and O–H groups in total. The van der Waals surface area contributed by atoms with E-state index in [0.29, 0.717) is 12.1 Å². The predicted octanol–water partition coefficient (Wildman–Crippen LogP) is 3.23. The summed E-state index contributed by atoms with van der Waals surface area (Å²) in [7, 11) is 0. The van der Waals surface area contributed by atoms with Crippen molar-refractivity contribution in [2.24, 2.45) is 0 Å². The van der Waals surface area contributed by atoms with Gasteiger partial charge in [-0.25, -0.2) is 0 Å². The van der Waals surface area contributed by atoms with Gasteiger partial charge in [0, 0.05) is 35.6 Å². The fourth-order valence-electron chi connectivity index (χ4n) is 2.57. The highest BCUT2D eigenvalue weighted by molar-refractivity contribution is 7.99. The molecule has 1 aliphatic rings. The van der Waals surface area contributed by atoms with Crippen molar-refractivity contribution in [3.8, 4) is 0 Å².